The van der Waals surface area contributed by atoms with Crippen LogP contribution in [0.2, 0.25) is 0 Å². The van der Waals surface area contributed by atoms with Gasteiger partial charge in [-0.05, 0) is 18.1 Å². The van der Waals surface area contributed by atoms with Crippen LogP contribution in [0.4, 0.5) is 10.1 Å². The Morgan fingerprint density at radius 3 is 3.06 bits per heavy atom. The number of nitrogens with zero attached hydrogens (tertiary/aromatic N) is 1. The molecule has 17 heavy (non-hydrogen) atoms. The van der Waals surface area contributed by atoms with E-state index in [9.17, 15) is 4.39 Å². The Kier molecular flexibility index (Phi) is 3.97. The summed E-state index contributed by atoms with van der Waals surface area (Å²) in [5.41, 5.74) is 7.21. The smallest absolute Gasteiger partial charge is 0.146 e. The second kappa shape index (κ2) is 5.47. The van der Waals surface area contributed by atoms with Crippen LogP contribution in [0.1, 0.15) is 18.9 Å². The van der Waals surface area contributed by atoms with E-state index in [1.165, 1.54) is 6.07 Å². The lowest BCUT2D eigenvalue weighted by Crippen LogP contribution is -2.46. The minimum atomic E-state index is -0.187. The van der Waals surface area contributed by atoms with Gasteiger partial charge in [0.05, 0.1) is 24.9 Å². The topological polar surface area (TPSA) is 38.5 Å². The lowest BCUT2D eigenvalue weighted by molar-refractivity contribution is 0.0925. The van der Waals surface area contributed by atoms with Crippen LogP contribution in [0, 0.1) is 5.82 Å². The maximum Gasteiger partial charge on any atom is 0.146 e. The normalized spacial score (nSPS) is 20.6. The minimum absolute atomic E-state index is 0.187. The van der Waals surface area contributed by atoms with E-state index in [2.05, 4.69) is 11.8 Å². The number of nitrogens with two attached hydrogens (primary N) is 1. The average molecular weight is 238 g/mol. The molecule has 0 spiro atoms. The fraction of sp³-hybridized carbons (Fsp3) is 0.538. The van der Waals surface area contributed by atoms with Crippen molar-refractivity contribution < 1.29 is 9.13 Å². The SMILES string of the molecule is CCC1COCCN1c1c(F)cccc1CN. The highest BCUT2D eigenvalue weighted by Gasteiger charge is 2.25. The molecule has 0 bridgehead atoms. The van der Waals surface area contributed by atoms with Crippen molar-refractivity contribution >= 4 is 5.69 Å². The van der Waals surface area contributed by atoms with Gasteiger partial charge in [0.2, 0.25) is 0 Å². The van der Waals surface area contributed by atoms with Crippen molar-refractivity contribution in [2.75, 3.05) is 24.7 Å². The van der Waals surface area contributed by atoms with Crippen LogP contribution in [0.25, 0.3) is 0 Å². The highest BCUT2D eigenvalue weighted by molar-refractivity contribution is 5.56. The zero-order valence-corrected chi connectivity index (χ0v) is 10.2. The fourth-order valence-corrected chi connectivity index (χ4v) is 2.33. The van der Waals surface area contributed by atoms with Gasteiger partial charge in [-0.3, -0.25) is 0 Å². The predicted molar refractivity (Wildman–Crippen MR) is 66.5 cm³/mol. The molecular formula is C13H19FN2O. The van der Waals surface area contributed by atoms with Gasteiger partial charge in [-0.2, -0.15) is 0 Å². The molecule has 1 fully saturated rings. The highest BCUT2D eigenvalue weighted by Crippen LogP contribution is 2.28. The van der Waals surface area contributed by atoms with Gasteiger partial charge in [-0.15, -0.1) is 0 Å². The van der Waals surface area contributed by atoms with Gasteiger partial charge >= 0.3 is 0 Å². The van der Waals surface area contributed by atoms with Crippen molar-refractivity contribution in [2.24, 2.45) is 5.73 Å². The monoisotopic (exact) mass is 238 g/mol. The van der Waals surface area contributed by atoms with Crippen molar-refractivity contribution in [1.29, 1.82) is 0 Å². The number of hydrogen-bond donors (Lipinski definition) is 1. The summed E-state index contributed by atoms with van der Waals surface area (Å²) in [7, 11) is 0. The molecule has 1 atom stereocenters. The quantitative estimate of drug-likeness (QED) is 0.874. The number of halogens is 1. The largest absolute Gasteiger partial charge is 0.377 e. The molecule has 3 nitrogen and oxygen atoms in total. The van der Waals surface area contributed by atoms with Crippen LogP contribution in [-0.2, 0) is 11.3 Å². The molecule has 1 unspecified atom stereocenters. The summed E-state index contributed by atoms with van der Waals surface area (Å²) in [4.78, 5) is 2.10. The van der Waals surface area contributed by atoms with Crippen LogP contribution >= 0.6 is 0 Å². The molecular weight excluding hydrogens is 219 g/mol. The summed E-state index contributed by atoms with van der Waals surface area (Å²) >= 11 is 0. The van der Waals surface area contributed by atoms with E-state index in [1.807, 2.05) is 6.07 Å². The molecule has 0 radical (unpaired) electrons. The van der Waals surface area contributed by atoms with E-state index in [-0.39, 0.29) is 11.9 Å². The number of hydrogen-bond acceptors (Lipinski definition) is 3. The molecule has 0 aromatic heterocycles. The predicted octanol–water partition coefficient (Wildman–Crippen LogP) is 1.90. The Morgan fingerprint density at radius 1 is 1.53 bits per heavy atom. The van der Waals surface area contributed by atoms with Gasteiger partial charge in [0.15, 0.2) is 0 Å². The molecule has 1 saturated heterocycles. The molecule has 1 heterocycles. The third-order valence-corrected chi connectivity index (χ3v) is 3.28. The van der Waals surface area contributed by atoms with E-state index in [0.717, 1.165) is 18.5 Å². The number of rotatable bonds is 3. The van der Waals surface area contributed by atoms with E-state index in [4.69, 9.17) is 10.5 Å². The Labute approximate surface area is 101 Å². The number of ether oxygens (including phenoxy) is 1. The van der Waals surface area contributed by atoms with E-state index in [0.29, 0.717) is 25.4 Å². The molecule has 4 heteroatoms. The van der Waals surface area contributed by atoms with Crippen LogP contribution in [0.5, 0.6) is 0 Å². The first-order chi connectivity index (χ1) is 8.27. The summed E-state index contributed by atoms with van der Waals surface area (Å²) in [6, 6.07) is 5.34. The fourth-order valence-electron chi connectivity index (χ4n) is 2.33. The summed E-state index contributed by atoms with van der Waals surface area (Å²) in [6.45, 7) is 4.49. The number of para-hydroxylation sites is 1. The Bertz CT molecular complexity index is 384. The van der Waals surface area contributed by atoms with Gasteiger partial charge in [-0.25, -0.2) is 4.39 Å². The molecule has 2 N–H and O–H groups in total. The maximum atomic E-state index is 14.0. The van der Waals surface area contributed by atoms with Crippen LogP contribution in [-0.4, -0.2) is 25.8 Å². The number of anilines is 1. The summed E-state index contributed by atoms with van der Waals surface area (Å²) in [5.74, 6) is -0.187. The zero-order valence-electron chi connectivity index (χ0n) is 10.2. The first-order valence-electron chi connectivity index (χ1n) is 6.09. The van der Waals surface area contributed by atoms with Crippen LogP contribution in [0.3, 0.4) is 0 Å². The molecule has 1 aliphatic heterocycles. The van der Waals surface area contributed by atoms with Crippen molar-refractivity contribution in [1.82, 2.24) is 0 Å². The molecule has 1 aromatic carbocycles. The van der Waals surface area contributed by atoms with Crippen molar-refractivity contribution in [3.05, 3.63) is 29.6 Å². The van der Waals surface area contributed by atoms with Crippen LogP contribution < -0.4 is 10.6 Å². The van der Waals surface area contributed by atoms with Gasteiger partial charge in [0.1, 0.15) is 5.82 Å². The molecule has 1 aromatic rings. The maximum absolute atomic E-state index is 14.0. The van der Waals surface area contributed by atoms with Gasteiger partial charge in [0, 0.05) is 13.1 Å². The molecule has 0 amide bonds. The first-order valence-corrected chi connectivity index (χ1v) is 6.09. The second-order valence-electron chi connectivity index (χ2n) is 4.28. The second-order valence-corrected chi connectivity index (χ2v) is 4.28. The third kappa shape index (κ3) is 2.42. The number of morpholine rings is 1. The molecule has 1 aliphatic rings. The van der Waals surface area contributed by atoms with Gasteiger partial charge in [0.25, 0.3) is 0 Å². The molecule has 94 valence electrons. The number of benzene rings is 1. The van der Waals surface area contributed by atoms with Crippen LogP contribution in [0.15, 0.2) is 18.2 Å². The van der Waals surface area contributed by atoms with Crippen molar-refractivity contribution in [3.8, 4) is 0 Å². The van der Waals surface area contributed by atoms with E-state index in [1.54, 1.807) is 6.07 Å². The standard InChI is InChI=1S/C13H19FN2O/c1-2-11-9-17-7-6-16(11)13-10(8-15)4-3-5-12(13)14/h3-5,11H,2,6-9,15H2,1H3. The highest BCUT2D eigenvalue weighted by atomic mass is 19.1. The van der Waals surface area contributed by atoms with E-state index < -0.39 is 0 Å². The lowest BCUT2D eigenvalue weighted by atomic mass is 10.1. The van der Waals surface area contributed by atoms with E-state index >= 15 is 0 Å². The molecule has 2 rings (SSSR count). The van der Waals surface area contributed by atoms with Gasteiger partial charge < -0.3 is 15.4 Å². The first kappa shape index (κ1) is 12.3. The molecule has 0 aliphatic carbocycles. The van der Waals surface area contributed by atoms with Crippen molar-refractivity contribution in [3.63, 3.8) is 0 Å². The Hall–Kier alpha value is -1.13. The average Bonchev–Trinajstić information content (AvgIpc) is 2.38. The third-order valence-electron chi connectivity index (χ3n) is 3.28. The Balaban J connectivity index is 2.36. The summed E-state index contributed by atoms with van der Waals surface area (Å²) in [6.07, 6.45) is 0.943. The zero-order chi connectivity index (χ0) is 12.3. The summed E-state index contributed by atoms with van der Waals surface area (Å²) in [5, 5.41) is 0. The van der Waals surface area contributed by atoms with Gasteiger partial charge in [-0.1, -0.05) is 19.1 Å². The minimum Gasteiger partial charge on any atom is -0.377 e. The summed E-state index contributed by atoms with van der Waals surface area (Å²) < 4.78 is 19.4. The van der Waals surface area contributed by atoms with Crippen molar-refractivity contribution in [2.45, 2.75) is 25.9 Å². The Morgan fingerprint density at radius 2 is 2.35 bits per heavy atom. The molecule has 0 saturated carbocycles. The lowest BCUT2D eigenvalue weighted by Gasteiger charge is -2.38.